The van der Waals surface area contributed by atoms with Crippen molar-refractivity contribution in [1.82, 2.24) is 30.3 Å². The van der Waals surface area contributed by atoms with Gasteiger partial charge in [-0.3, -0.25) is 14.6 Å². The molecule has 130 valence electrons. The third-order valence-electron chi connectivity index (χ3n) is 4.73. The number of aliphatic imine (C=N–C) groups is 1. The lowest BCUT2D eigenvalue weighted by molar-refractivity contribution is 0.242. The Bertz CT molecular complexity index is 470. The van der Waals surface area contributed by atoms with Gasteiger partial charge in [0.1, 0.15) is 12.7 Å². The number of hydrogen-bond donors (Lipinski definition) is 2. The number of likely N-dealkylation sites (tertiary alicyclic amines) is 1. The molecule has 2 aliphatic rings. The predicted molar refractivity (Wildman–Crippen MR) is 102 cm³/mol. The standard InChI is InChI=1S/C15H27N7.HI/c1-16-15(18-7-9-22-12-17-11-19-22)20-13-6-8-21(10-13)14-4-2-3-5-14;/h11-14H,2-10H2,1H3,(H2,16,18,20);1H. The molecule has 8 heteroatoms. The second-order valence-electron chi connectivity index (χ2n) is 6.22. The molecule has 2 N–H and O–H groups in total. The zero-order valence-electron chi connectivity index (χ0n) is 13.8. The van der Waals surface area contributed by atoms with Crippen molar-refractivity contribution < 1.29 is 0 Å². The van der Waals surface area contributed by atoms with E-state index in [-0.39, 0.29) is 24.0 Å². The van der Waals surface area contributed by atoms with Crippen LogP contribution in [0.2, 0.25) is 0 Å². The average Bonchev–Trinajstić information content (AvgIpc) is 3.27. The molecule has 1 aliphatic heterocycles. The van der Waals surface area contributed by atoms with E-state index in [9.17, 15) is 0 Å². The number of aromatic nitrogens is 3. The van der Waals surface area contributed by atoms with E-state index in [1.165, 1.54) is 38.6 Å². The van der Waals surface area contributed by atoms with E-state index in [2.05, 4.69) is 30.6 Å². The molecule has 1 aromatic heterocycles. The zero-order valence-corrected chi connectivity index (χ0v) is 16.1. The first-order chi connectivity index (χ1) is 10.8. The topological polar surface area (TPSA) is 70.4 Å². The van der Waals surface area contributed by atoms with E-state index < -0.39 is 0 Å². The summed E-state index contributed by atoms with van der Waals surface area (Å²) >= 11 is 0. The third kappa shape index (κ3) is 5.30. The molecule has 23 heavy (non-hydrogen) atoms. The van der Waals surface area contributed by atoms with Crippen LogP contribution in [0.5, 0.6) is 0 Å². The molecule has 7 nitrogen and oxygen atoms in total. The minimum absolute atomic E-state index is 0. The minimum atomic E-state index is 0. The Morgan fingerprint density at radius 1 is 1.30 bits per heavy atom. The van der Waals surface area contributed by atoms with Crippen molar-refractivity contribution >= 4 is 29.9 Å². The van der Waals surface area contributed by atoms with Crippen molar-refractivity contribution in [3.63, 3.8) is 0 Å². The normalized spacial score (nSPS) is 23.0. The monoisotopic (exact) mass is 433 g/mol. The summed E-state index contributed by atoms with van der Waals surface area (Å²) in [5.74, 6) is 0.887. The fourth-order valence-corrected chi connectivity index (χ4v) is 3.53. The quantitative estimate of drug-likeness (QED) is 0.413. The second-order valence-corrected chi connectivity index (χ2v) is 6.22. The highest BCUT2D eigenvalue weighted by atomic mass is 127. The first-order valence-electron chi connectivity index (χ1n) is 8.39. The number of halogens is 1. The van der Waals surface area contributed by atoms with Gasteiger partial charge in [0, 0.05) is 38.8 Å². The van der Waals surface area contributed by atoms with Crippen LogP contribution in [0.4, 0.5) is 0 Å². The lowest BCUT2D eigenvalue weighted by Crippen LogP contribution is -2.46. The summed E-state index contributed by atoms with van der Waals surface area (Å²) in [7, 11) is 1.83. The maximum absolute atomic E-state index is 4.32. The molecule has 0 aromatic carbocycles. The van der Waals surface area contributed by atoms with Gasteiger partial charge >= 0.3 is 0 Å². The van der Waals surface area contributed by atoms with Crippen LogP contribution in [-0.2, 0) is 6.54 Å². The molecular weight excluding hydrogens is 405 g/mol. The van der Waals surface area contributed by atoms with Crippen molar-refractivity contribution in [3.8, 4) is 0 Å². The minimum Gasteiger partial charge on any atom is -0.355 e. The molecule has 1 aliphatic carbocycles. The van der Waals surface area contributed by atoms with E-state index in [4.69, 9.17) is 0 Å². The Morgan fingerprint density at radius 2 is 2.13 bits per heavy atom. The van der Waals surface area contributed by atoms with Crippen molar-refractivity contribution in [2.24, 2.45) is 4.99 Å². The van der Waals surface area contributed by atoms with Gasteiger partial charge in [-0.25, -0.2) is 4.98 Å². The van der Waals surface area contributed by atoms with Crippen molar-refractivity contribution in [2.75, 3.05) is 26.7 Å². The second kappa shape index (κ2) is 9.41. The highest BCUT2D eigenvalue weighted by molar-refractivity contribution is 14.0. The highest BCUT2D eigenvalue weighted by Crippen LogP contribution is 2.26. The molecule has 0 bridgehead atoms. The largest absolute Gasteiger partial charge is 0.355 e. The van der Waals surface area contributed by atoms with Gasteiger partial charge in [-0.2, -0.15) is 5.10 Å². The van der Waals surface area contributed by atoms with Gasteiger partial charge < -0.3 is 10.6 Å². The summed E-state index contributed by atoms with van der Waals surface area (Å²) in [6.07, 6.45) is 10.1. The Balaban J connectivity index is 0.00000192. The van der Waals surface area contributed by atoms with Gasteiger partial charge in [0.15, 0.2) is 5.96 Å². The van der Waals surface area contributed by atoms with E-state index in [0.29, 0.717) is 6.04 Å². The van der Waals surface area contributed by atoms with Gasteiger partial charge in [0.25, 0.3) is 0 Å². The summed E-state index contributed by atoms with van der Waals surface area (Å²) in [5, 5.41) is 11.0. The fourth-order valence-electron chi connectivity index (χ4n) is 3.53. The van der Waals surface area contributed by atoms with Gasteiger partial charge in [0.2, 0.25) is 0 Å². The Labute approximate surface area is 155 Å². The number of hydrogen-bond acceptors (Lipinski definition) is 4. The smallest absolute Gasteiger partial charge is 0.191 e. The van der Waals surface area contributed by atoms with E-state index in [1.54, 1.807) is 12.7 Å². The molecule has 1 saturated carbocycles. The molecule has 1 atom stereocenters. The Morgan fingerprint density at radius 3 is 2.83 bits per heavy atom. The van der Waals surface area contributed by atoms with Crippen molar-refractivity contribution in [3.05, 3.63) is 12.7 Å². The molecule has 1 saturated heterocycles. The summed E-state index contributed by atoms with van der Waals surface area (Å²) in [6.45, 7) is 3.95. The van der Waals surface area contributed by atoms with E-state index in [0.717, 1.165) is 31.6 Å². The number of nitrogens with zero attached hydrogens (tertiary/aromatic N) is 5. The van der Waals surface area contributed by atoms with Crippen LogP contribution in [0.15, 0.2) is 17.6 Å². The van der Waals surface area contributed by atoms with Gasteiger partial charge in [-0.1, -0.05) is 12.8 Å². The molecule has 0 spiro atoms. The molecular formula is C15H28IN7. The first kappa shape index (κ1) is 18.4. The van der Waals surface area contributed by atoms with Gasteiger partial charge in [0.05, 0.1) is 6.54 Å². The maximum Gasteiger partial charge on any atom is 0.191 e. The van der Waals surface area contributed by atoms with Crippen LogP contribution in [0.3, 0.4) is 0 Å². The van der Waals surface area contributed by atoms with E-state index >= 15 is 0 Å². The zero-order chi connectivity index (χ0) is 15.2. The summed E-state index contributed by atoms with van der Waals surface area (Å²) in [5.41, 5.74) is 0. The molecule has 0 amide bonds. The SMILES string of the molecule is CN=C(NCCn1cncn1)NC1CCN(C2CCCC2)C1.I. The average molecular weight is 433 g/mol. The molecule has 2 fully saturated rings. The number of nitrogens with one attached hydrogen (secondary N) is 2. The molecule has 1 aromatic rings. The Hall–Kier alpha value is -0.900. The van der Waals surface area contributed by atoms with Crippen LogP contribution in [0.1, 0.15) is 32.1 Å². The van der Waals surface area contributed by atoms with Crippen LogP contribution in [0, 0.1) is 0 Å². The summed E-state index contributed by atoms with van der Waals surface area (Å²) in [4.78, 5) is 10.9. The molecule has 3 rings (SSSR count). The van der Waals surface area contributed by atoms with Crippen LogP contribution >= 0.6 is 24.0 Å². The third-order valence-corrected chi connectivity index (χ3v) is 4.73. The maximum atomic E-state index is 4.32. The molecule has 1 unspecified atom stereocenters. The first-order valence-corrected chi connectivity index (χ1v) is 8.39. The van der Waals surface area contributed by atoms with Crippen LogP contribution < -0.4 is 10.6 Å². The molecule has 2 heterocycles. The predicted octanol–water partition coefficient (Wildman–Crippen LogP) is 1.08. The van der Waals surface area contributed by atoms with Crippen molar-refractivity contribution in [2.45, 2.75) is 50.7 Å². The van der Waals surface area contributed by atoms with Gasteiger partial charge in [-0.15, -0.1) is 24.0 Å². The Kier molecular flexibility index (Phi) is 7.54. The van der Waals surface area contributed by atoms with Crippen LogP contribution in [-0.4, -0.2) is 64.4 Å². The van der Waals surface area contributed by atoms with Crippen LogP contribution in [0.25, 0.3) is 0 Å². The summed E-state index contributed by atoms with van der Waals surface area (Å²) < 4.78 is 1.82. The summed E-state index contributed by atoms with van der Waals surface area (Å²) in [6, 6.07) is 1.34. The fraction of sp³-hybridized carbons (Fsp3) is 0.800. The van der Waals surface area contributed by atoms with Crippen molar-refractivity contribution in [1.29, 1.82) is 0 Å². The number of rotatable bonds is 5. The lowest BCUT2D eigenvalue weighted by Gasteiger charge is -2.24. The van der Waals surface area contributed by atoms with Gasteiger partial charge in [-0.05, 0) is 19.3 Å². The molecule has 0 radical (unpaired) electrons. The number of guanidine groups is 1. The van der Waals surface area contributed by atoms with E-state index in [1.807, 2.05) is 11.7 Å². The lowest BCUT2D eigenvalue weighted by atomic mass is 10.2. The highest BCUT2D eigenvalue weighted by Gasteiger charge is 2.30.